The van der Waals surface area contributed by atoms with Gasteiger partial charge in [0.05, 0.1) is 10.6 Å². The lowest BCUT2D eigenvalue weighted by molar-refractivity contribution is 0.111. The highest BCUT2D eigenvalue weighted by Crippen LogP contribution is 2.37. The molecule has 0 saturated carbocycles. The summed E-state index contributed by atoms with van der Waals surface area (Å²) in [6.45, 7) is 0.227. The number of benzene rings is 1. The Morgan fingerprint density at radius 1 is 1.41 bits per heavy atom. The number of carbonyl (C=O) groups is 1. The molecule has 0 aliphatic carbocycles. The SMILES string of the molecule is O=Cc1cc2c(cc1OCC(Cl)=CCl)OCO2. The van der Waals surface area contributed by atoms with Gasteiger partial charge in [0.25, 0.3) is 0 Å². The van der Waals surface area contributed by atoms with Crippen molar-refractivity contribution in [2.24, 2.45) is 0 Å². The fourth-order valence-corrected chi connectivity index (χ4v) is 1.45. The largest absolute Gasteiger partial charge is 0.487 e. The van der Waals surface area contributed by atoms with E-state index >= 15 is 0 Å². The van der Waals surface area contributed by atoms with E-state index in [-0.39, 0.29) is 13.4 Å². The molecule has 0 amide bonds. The first-order valence-electron chi connectivity index (χ1n) is 4.71. The van der Waals surface area contributed by atoms with Crippen LogP contribution in [-0.4, -0.2) is 19.7 Å². The van der Waals surface area contributed by atoms with Crippen LogP contribution in [0, 0.1) is 0 Å². The van der Waals surface area contributed by atoms with E-state index in [0.717, 1.165) is 0 Å². The molecule has 0 N–H and O–H groups in total. The van der Waals surface area contributed by atoms with E-state index in [1.807, 2.05) is 0 Å². The summed E-state index contributed by atoms with van der Waals surface area (Å²) >= 11 is 11.1. The normalized spacial score (nSPS) is 13.6. The molecule has 17 heavy (non-hydrogen) atoms. The van der Waals surface area contributed by atoms with Gasteiger partial charge in [-0.25, -0.2) is 0 Å². The van der Waals surface area contributed by atoms with Gasteiger partial charge in [0.2, 0.25) is 6.79 Å². The van der Waals surface area contributed by atoms with Gasteiger partial charge in [-0.2, -0.15) is 0 Å². The zero-order valence-corrected chi connectivity index (χ0v) is 10.1. The number of hydrogen-bond acceptors (Lipinski definition) is 4. The number of aldehydes is 1. The van der Waals surface area contributed by atoms with Crippen LogP contribution in [0.25, 0.3) is 0 Å². The van der Waals surface area contributed by atoms with Crippen LogP contribution in [-0.2, 0) is 0 Å². The Morgan fingerprint density at radius 3 is 2.76 bits per heavy atom. The topological polar surface area (TPSA) is 44.8 Å². The van der Waals surface area contributed by atoms with Crippen LogP contribution >= 0.6 is 23.2 Å². The number of carbonyl (C=O) groups excluding carboxylic acids is 1. The van der Waals surface area contributed by atoms with Gasteiger partial charge in [-0.1, -0.05) is 23.2 Å². The minimum atomic E-state index is 0.0888. The second kappa shape index (κ2) is 5.29. The number of halogens is 2. The smallest absolute Gasteiger partial charge is 0.231 e. The summed E-state index contributed by atoms with van der Waals surface area (Å²) in [4.78, 5) is 10.9. The number of ether oxygens (including phenoxy) is 3. The first kappa shape index (κ1) is 12.1. The van der Waals surface area contributed by atoms with Crippen molar-refractivity contribution in [2.75, 3.05) is 13.4 Å². The fraction of sp³-hybridized carbons (Fsp3) is 0.182. The second-order valence-corrected chi connectivity index (χ2v) is 3.91. The molecule has 0 atom stereocenters. The lowest BCUT2D eigenvalue weighted by Gasteiger charge is -2.08. The third-order valence-electron chi connectivity index (χ3n) is 2.12. The summed E-state index contributed by atoms with van der Waals surface area (Å²) in [5.41, 5.74) is 1.57. The Morgan fingerprint density at radius 2 is 2.12 bits per heavy atom. The Kier molecular flexibility index (Phi) is 3.76. The van der Waals surface area contributed by atoms with Crippen LogP contribution in [0.2, 0.25) is 0 Å². The summed E-state index contributed by atoms with van der Waals surface area (Å²) in [6, 6.07) is 3.15. The lowest BCUT2D eigenvalue weighted by Crippen LogP contribution is -1.99. The molecular weight excluding hydrogens is 267 g/mol. The lowest BCUT2D eigenvalue weighted by atomic mass is 10.2. The first-order chi connectivity index (χ1) is 8.24. The molecule has 6 heteroatoms. The molecule has 0 bridgehead atoms. The molecule has 1 heterocycles. The highest BCUT2D eigenvalue weighted by molar-refractivity contribution is 6.36. The summed E-state index contributed by atoms with van der Waals surface area (Å²) in [6.07, 6.45) is 0.676. The molecule has 0 spiro atoms. The van der Waals surface area contributed by atoms with E-state index < -0.39 is 0 Å². The predicted octanol–water partition coefficient (Wildman–Crippen LogP) is 2.93. The average Bonchev–Trinajstić information content (AvgIpc) is 2.81. The van der Waals surface area contributed by atoms with Crippen LogP contribution < -0.4 is 14.2 Å². The van der Waals surface area contributed by atoms with Gasteiger partial charge in [0.15, 0.2) is 17.8 Å². The van der Waals surface area contributed by atoms with Crippen molar-refractivity contribution < 1.29 is 19.0 Å². The predicted molar refractivity (Wildman–Crippen MR) is 63.2 cm³/mol. The average molecular weight is 275 g/mol. The van der Waals surface area contributed by atoms with E-state index in [9.17, 15) is 4.79 Å². The summed E-state index contributed by atoms with van der Waals surface area (Å²) < 4.78 is 15.7. The van der Waals surface area contributed by atoms with E-state index in [1.54, 1.807) is 12.1 Å². The molecule has 90 valence electrons. The maximum absolute atomic E-state index is 10.9. The van der Waals surface area contributed by atoms with Gasteiger partial charge in [-0.3, -0.25) is 4.79 Å². The fourth-order valence-electron chi connectivity index (χ4n) is 1.33. The molecule has 4 nitrogen and oxygen atoms in total. The number of hydrogen-bond donors (Lipinski definition) is 0. The van der Waals surface area contributed by atoms with Gasteiger partial charge in [0, 0.05) is 11.6 Å². The molecule has 0 radical (unpaired) electrons. The third-order valence-corrected chi connectivity index (χ3v) is 2.71. The summed E-state index contributed by atoms with van der Waals surface area (Å²) in [5, 5.41) is 0.334. The zero-order chi connectivity index (χ0) is 12.3. The molecule has 0 aromatic heterocycles. The van der Waals surface area contributed by atoms with Gasteiger partial charge in [-0.05, 0) is 6.07 Å². The minimum Gasteiger partial charge on any atom is -0.487 e. The Labute approximate surface area is 108 Å². The van der Waals surface area contributed by atoms with Crippen LogP contribution in [0.15, 0.2) is 22.7 Å². The van der Waals surface area contributed by atoms with Crippen LogP contribution in [0.4, 0.5) is 0 Å². The first-order valence-corrected chi connectivity index (χ1v) is 5.52. The standard InChI is InChI=1S/C11H8Cl2O4/c12-3-8(13)5-15-9-2-11-10(16-6-17-11)1-7(9)4-14/h1-4H,5-6H2. The van der Waals surface area contributed by atoms with Crippen molar-refractivity contribution in [1.82, 2.24) is 0 Å². The van der Waals surface area contributed by atoms with Gasteiger partial charge in [-0.15, -0.1) is 0 Å². The highest BCUT2D eigenvalue weighted by Gasteiger charge is 2.17. The van der Waals surface area contributed by atoms with Crippen LogP contribution in [0.1, 0.15) is 10.4 Å². The van der Waals surface area contributed by atoms with Crippen LogP contribution in [0.5, 0.6) is 17.2 Å². The third kappa shape index (κ3) is 2.65. The van der Waals surface area contributed by atoms with E-state index in [1.165, 1.54) is 5.54 Å². The van der Waals surface area contributed by atoms with Crippen molar-refractivity contribution in [3.05, 3.63) is 28.3 Å². The molecule has 1 aromatic rings. The maximum Gasteiger partial charge on any atom is 0.231 e. The van der Waals surface area contributed by atoms with Crippen molar-refractivity contribution in [2.45, 2.75) is 0 Å². The molecule has 1 aliphatic rings. The summed E-state index contributed by atoms with van der Waals surface area (Å²) in [5.74, 6) is 1.44. The molecule has 0 fully saturated rings. The Hall–Kier alpha value is -1.39. The number of fused-ring (bicyclic) bond motifs is 1. The maximum atomic E-state index is 10.9. The molecule has 2 rings (SSSR count). The van der Waals surface area contributed by atoms with Crippen LogP contribution in [0.3, 0.4) is 0 Å². The van der Waals surface area contributed by atoms with Crippen molar-refractivity contribution in [3.8, 4) is 17.2 Å². The van der Waals surface area contributed by atoms with E-state index in [0.29, 0.717) is 34.1 Å². The second-order valence-electron chi connectivity index (χ2n) is 3.21. The van der Waals surface area contributed by atoms with Gasteiger partial charge >= 0.3 is 0 Å². The highest BCUT2D eigenvalue weighted by atomic mass is 35.5. The summed E-state index contributed by atoms with van der Waals surface area (Å²) in [7, 11) is 0. The zero-order valence-electron chi connectivity index (χ0n) is 8.61. The molecule has 1 aromatic carbocycles. The Balaban J connectivity index is 2.23. The van der Waals surface area contributed by atoms with Crippen molar-refractivity contribution >= 4 is 29.5 Å². The monoisotopic (exact) mass is 274 g/mol. The van der Waals surface area contributed by atoms with E-state index in [2.05, 4.69) is 0 Å². The molecular formula is C11H8Cl2O4. The Bertz CT molecular complexity index is 471. The quantitative estimate of drug-likeness (QED) is 0.792. The number of rotatable bonds is 4. The minimum absolute atomic E-state index is 0.0888. The van der Waals surface area contributed by atoms with Gasteiger partial charge in [0.1, 0.15) is 12.4 Å². The van der Waals surface area contributed by atoms with Crippen molar-refractivity contribution in [3.63, 3.8) is 0 Å². The van der Waals surface area contributed by atoms with Crippen molar-refractivity contribution in [1.29, 1.82) is 0 Å². The van der Waals surface area contributed by atoms with E-state index in [4.69, 9.17) is 37.4 Å². The molecule has 0 unspecified atom stereocenters. The molecule has 1 aliphatic heterocycles. The molecule has 0 saturated heterocycles. The van der Waals surface area contributed by atoms with Gasteiger partial charge < -0.3 is 14.2 Å².